The summed E-state index contributed by atoms with van der Waals surface area (Å²) in [5, 5.41) is 3.82. The van der Waals surface area contributed by atoms with Crippen LogP contribution in [0.1, 0.15) is 42.7 Å². The number of hydrogen-bond acceptors (Lipinski definition) is 3. The van der Waals surface area contributed by atoms with Crippen LogP contribution in [0.4, 0.5) is 18.9 Å². The summed E-state index contributed by atoms with van der Waals surface area (Å²) in [5.74, 6) is -0.607. The molecular weight excluding hydrogens is 375 g/mol. The third-order valence-corrected chi connectivity index (χ3v) is 5.75. The number of carbonyl (C=O) groups excluding carboxylic acids is 2. The molecule has 0 saturated carbocycles. The number of anilines is 1. The van der Waals surface area contributed by atoms with Crippen LogP contribution >= 0.6 is 11.3 Å². The molecule has 27 heavy (non-hydrogen) atoms. The van der Waals surface area contributed by atoms with E-state index in [9.17, 15) is 22.8 Å². The number of thiophene rings is 1. The van der Waals surface area contributed by atoms with Gasteiger partial charge in [0, 0.05) is 35.7 Å². The lowest BCUT2D eigenvalue weighted by atomic mass is 9.78. The summed E-state index contributed by atoms with van der Waals surface area (Å²) in [4.78, 5) is 26.9. The highest BCUT2D eigenvalue weighted by atomic mass is 32.1. The van der Waals surface area contributed by atoms with Crippen LogP contribution in [0.15, 0.2) is 52.4 Å². The fourth-order valence-electron chi connectivity index (χ4n) is 3.87. The summed E-state index contributed by atoms with van der Waals surface area (Å²) in [5.41, 5.74) is 1.41. The second-order valence-corrected chi connectivity index (χ2v) is 7.51. The lowest BCUT2D eigenvalue weighted by Gasteiger charge is -2.38. The Labute approximate surface area is 158 Å². The molecule has 7 heteroatoms. The number of nitrogens with zero attached hydrogens (tertiary/aromatic N) is 1. The number of amides is 1. The van der Waals surface area contributed by atoms with Gasteiger partial charge < -0.3 is 0 Å². The second kappa shape index (κ2) is 6.64. The summed E-state index contributed by atoms with van der Waals surface area (Å²) in [6, 6.07) is 6.64. The van der Waals surface area contributed by atoms with Gasteiger partial charge in [0.25, 0.3) is 0 Å². The lowest BCUT2D eigenvalue weighted by molar-refractivity contribution is -0.137. The van der Waals surface area contributed by atoms with Crippen molar-refractivity contribution in [2.45, 2.75) is 37.8 Å². The molecule has 0 spiro atoms. The number of Topliss-reactive ketones (excluding diaryl/α,β-unsaturated/α-hetero) is 1. The molecule has 0 saturated heterocycles. The molecule has 4 rings (SSSR count). The maximum absolute atomic E-state index is 13.1. The van der Waals surface area contributed by atoms with E-state index in [1.54, 1.807) is 0 Å². The van der Waals surface area contributed by atoms with E-state index < -0.39 is 11.7 Å². The maximum atomic E-state index is 13.1. The molecule has 1 aliphatic heterocycles. The summed E-state index contributed by atoms with van der Waals surface area (Å²) in [6.45, 7) is 0. The number of hydrogen-bond donors (Lipinski definition) is 0. The Morgan fingerprint density at radius 1 is 1.11 bits per heavy atom. The molecule has 140 valence electrons. The number of alkyl halides is 3. The third-order valence-electron chi connectivity index (χ3n) is 5.05. The molecule has 0 unspecified atom stereocenters. The zero-order valence-electron chi connectivity index (χ0n) is 14.3. The molecular formula is C20H16F3NO2S. The van der Waals surface area contributed by atoms with E-state index in [2.05, 4.69) is 0 Å². The zero-order valence-corrected chi connectivity index (χ0v) is 15.1. The van der Waals surface area contributed by atoms with Crippen molar-refractivity contribution in [3.05, 3.63) is 63.5 Å². The smallest absolute Gasteiger partial charge is 0.294 e. The molecule has 3 nitrogen and oxygen atoms in total. The van der Waals surface area contributed by atoms with Crippen molar-refractivity contribution >= 4 is 28.7 Å². The van der Waals surface area contributed by atoms with Crippen molar-refractivity contribution in [3.63, 3.8) is 0 Å². The van der Waals surface area contributed by atoms with Crippen molar-refractivity contribution in [2.24, 2.45) is 0 Å². The Morgan fingerprint density at radius 3 is 2.63 bits per heavy atom. The van der Waals surface area contributed by atoms with Crippen molar-refractivity contribution in [2.75, 3.05) is 4.90 Å². The van der Waals surface area contributed by atoms with Crippen molar-refractivity contribution in [3.8, 4) is 0 Å². The van der Waals surface area contributed by atoms with E-state index in [1.165, 1.54) is 28.4 Å². The van der Waals surface area contributed by atoms with Crippen LogP contribution in [0.3, 0.4) is 0 Å². The SMILES string of the molecule is O=C1CCCC2=C1[C@@H](c1ccsc1)CC(=O)N2c1cccc(C(F)(F)F)c1. The number of halogens is 3. The first-order valence-corrected chi connectivity index (χ1v) is 9.59. The molecule has 1 aromatic carbocycles. The fourth-order valence-corrected chi connectivity index (χ4v) is 4.59. The zero-order chi connectivity index (χ0) is 19.2. The average molecular weight is 391 g/mol. The Balaban J connectivity index is 1.84. The summed E-state index contributed by atoms with van der Waals surface area (Å²) in [7, 11) is 0. The lowest BCUT2D eigenvalue weighted by Crippen LogP contribution is -2.40. The highest BCUT2D eigenvalue weighted by molar-refractivity contribution is 7.08. The number of benzene rings is 1. The van der Waals surface area contributed by atoms with Crippen LogP contribution in [0.2, 0.25) is 0 Å². The van der Waals surface area contributed by atoms with Crippen molar-refractivity contribution < 1.29 is 22.8 Å². The van der Waals surface area contributed by atoms with Gasteiger partial charge in [-0.2, -0.15) is 24.5 Å². The third kappa shape index (κ3) is 3.20. The van der Waals surface area contributed by atoms with Gasteiger partial charge in [-0.15, -0.1) is 0 Å². The van der Waals surface area contributed by atoms with Gasteiger partial charge in [-0.1, -0.05) is 6.07 Å². The first-order valence-electron chi connectivity index (χ1n) is 8.65. The molecule has 0 radical (unpaired) electrons. The van der Waals surface area contributed by atoms with Gasteiger partial charge in [-0.05, 0) is 53.4 Å². The van der Waals surface area contributed by atoms with Gasteiger partial charge in [0.05, 0.1) is 5.56 Å². The molecule has 1 aromatic heterocycles. The molecule has 1 atom stereocenters. The van der Waals surface area contributed by atoms with E-state index in [0.29, 0.717) is 30.5 Å². The minimum absolute atomic E-state index is 0.0167. The van der Waals surface area contributed by atoms with Gasteiger partial charge in [0.15, 0.2) is 5.78 Å². The van der Waals surface area contributed by atoms with Gasteiger partial charge in [0.1, 0.15) is 0 Å². The monoisotopic (exact) mass is 391 g/mol. The highest BCUT2D eigenvalue weighted by Gasteiger charge is 2.40. The molecule has 2 heterocycles. The Hall–Kier alpha value is -2.41. The van der Waals surface area contributed by atoms with E-state index in [1.807, 2.05) is 16.8 Å². The Kier molecular flexibility index (Phi) is 4.42. The second-order valence-electron chi connectivity index (χ2n) is 6.73. The number of rotatable bonds is 2. The number of ketones is 1. The molecule has 0 fully saturated rings. The Morgan fingerprint density at radius 2 is 1.93 bits per heavy atom. The van der Waals surface area contributed by atoms with E-state index in [4.69, 9.17) is 0 Å². The van der Waals surface area contributed by atoms with Crippen molar-refractivity contribution in [1.82, 2.24) is 0 Å². The quantitative estimate of drug-likeness (QED) is 0.697. The average Bonchev–Trinajstić information content (AvgIpc) is 3.15. The van der Waals surface area contributed by atoms with Crippen LogP contribution < -0.4 is 4.90 Å². The Bertz CT molecular complexity index is 931. The highest BCUT2D eigenvalue weighted by Crippen LogP contribution is 2.44. The van der Waals surface area contributed by atoms with Crippen LogP contribution in [0.25, 0.3) is 0 Å². The minimum atomic E-state index is -4.49. The molecule has 1 aliphatic carbocycles. The van der Waals surface area contributed by atoms with E-state index >= 15 is 0 Å². The predicted octanol–water partition coefficient (Wildman–Crippen LogP) is 5.29. The van der Waals surface area contributed by atoms with Crippen LogP contribution in [0.5, 0.6) is 0 Å². The normalized spacial score (nSPS) is 20.9. The summed E-state index contributed by atoms with van der Waals surface area (Å²) < 4.78 is 39.3. The molecule has 2 aliphatic rings. The van der Waals surface area contributed by atoms with E-state index in [-0.39, 0.29) is 29.7 Å². The van der Waals surface area contributed by atoms with Gasteiger partial charge in [0.2, 0.25) is 5.91 Å². The van der Waals surface area contributed by atoms with Gasteiger partial charge in [-0.3, -0.25) is 14.5 Å². The minimum Gasteiger partial charge on any atom is -0.294 e. The van der Waals surface area contributed by atoms with Crippen LogP contribution in [-0.2, 0) is 15.8 Å². The molecule has 0 N–H and O–H groups in total. The molecule has 1 amide bonds. The maximum Gasteiger partial charge on any atom is 0.416 e. The summed E-state index contributed by atoms with van der Waals surface area (Å²) in [6.07, 6.45) is -2.91. The first kappa shape index (κ1) is 18.0. The first-order chi connectivity index (χ1) is 12.9. The predicted molar refractivity (Wildman–Crippen MR) is 96.5 cm³/mol. The molecule has 2 aromatic rings. The number of carbonyl (C=O) groups is 2. The fraction of sp³-hybridized carbons (Fsp3) is 0.300. The van der Waals surface area contributed by atoms with Gasteiger partial charge in [-0.25, -0.2) is 0 Å². The van der Waals surface area contributed by atoms with Crippen molar-refractivity contribution in [1.29, 1.82) is 0 Å². The standard InChI is InChI=1S/C20H16F3NO2S/c21-20(22,23)13-3-1-4-14(9-13)24-16-5-2-6-17(25)19(16)15(10-18(24)26)12-7-8-27-11-12/h1,3-4,7-9,11,15H,2,5-6,10H2/t15-/m1/s1. The van der Waals surface area contributed by atoms with Crippen LogP contribution in [-0.4, -0.2) is 11.7 Å². The largest absolute Gasteiger partial charge is 0.416 e. The summed E-state index contributed by atoms with van der Waals surface area (Å²) >= 11 is 1.49. The number of allylic oxidation sites excluding steroid dienone is 2. The topological polar surface area (TPSA) is 37.4 Å². The molecule has 0 bridgehead atoms. The van der Waals surface area contributed by atoms with Gasteiger partial charge >= 0.3 is 6.18 Å². The van der Waals surface area contributed by atoms with E-state index in [0.717, 1.165) is 17.7 Å². The van der Waals surface area contributed by atoms with Crippen LogP contribution in [0, 0.1) is 0 Å².